The quantitative estimate of drug-likeness (QED) is 0.429. The number of fused-ring (bicyclic) bond motifs is 1. The van der Waals surface area contributed by atoms with Crippen LogP contribution >= 0.6 is 38.9 Å². The van der Waals surface area contributed by atoms with Crippen LogP contribution in [-0.2, 0) is 11.3 Å². The fourth-order valence-corrected chi connectivity index (χ4v) is 4.06. The fourth-order valence-electron chi connectivity index (χ4n) is 2.28. The van der Waals surface area contributed by atoms with Crippen molar-refractivity contribution in [1.82, 2.24) is 4.57 Å². The number of carbonyl (C=O) groups is 1. The van der Waals surface area contributed by atoms with Crippen molar-refractivity contribution in [2.24, 2.45) is 4.99 Å². The second-order valence-corrected chi connectivity index (χ2v) is 7.42. The number of thiazole rings is 1. The average Bonchev–Trinajstić information content (AvgIpc) is 2.91. The molecule has 0 aliphatic heterocycles. The third kappa shape index (κ3) is 4.10. The Morgan fingerprint density at radius 3 is 2.92 bits per heavy atom. The molecule has 3 aromatic rings. The van der Waals surface area contributed by atoms with Gasteiger partial charge in [-0.25, -0.2) is 0 Å². The predicted molar refractivity (Wildman–Crippen MR) is 107 cm³/mol. The Kier molecular flexibility index (Phi) is 5.54. The molecule has 1 heterocycles. The predicted octanol–water partition coefficient (Wildman–Crippen LogP) is 4.89. The normalized spacial score (nSPS) is 12.0. The van der Waals surface area contributed by atoms with Crippen LogP contribution in [0.4, 0.5) is 0 Å². The van der Waals surface area contributed by atoms with Gasteiger partial charge in [0.25, 0.3) is 5.91 Å². The molecule has 6 heteroatoms. The van der Waals surface area contributed by atoms with E-state index in [0.717, 1.165) is 20.3 Å². The summed E-state index contributed by atoms with van der Waals surface area (Å²) in [7, 11) is 0. The van der Waals surface area contributed by atoms with E-state index in [2.05, 4.69) is 26.8 Å². The molecule has 0 radical (unpaired) electrons. The molecule has 0 N–H and O–H groups in total. The van der Waals surface area contributed by atoms with Crippen molar-refractivity contribution >= 4 is 61.1 Å². The smallest absolute Gasteiger partial charge is 0.272 e. The number of rotatable bonds is 3. The monoisotopic (exact) mass is 430 g/mol. The second kappa shape index (κ2) is 7.83. The number of terminal acetylenes is 1. The first-order chi connectivity index (χ1) is 12.1. The lowest BCUT2D eigenvalue weighted by molar-refractivity contribution is -0.113. The van der Waals surface area contributed by atoms with Crippen LogP contribution in [0, 0.1) is 12.3 Å². The molecule has 3 nitrogen and oxygen atoms in total. The van der Waals surface area contributed by atoms with Crippen LogP contribution < -0.4 is 4.80 Å². The minimum Gasteiger partial charge on any atom is -0.305 e. The second-order valence-electron chi connectivity index (χ2n) is 5.09. The summed E-state index contributed by atoms with van der Waals surface area (Å²) in [6, 6.07) is 13.2. The number of hydrogen-bond acceptors (Lipinski definition) is 2. The highest BCUT2D eigenvalue weighted by Crippen LogP contribution is 2.22. The highest BCUT2D eigenvalue weighted by molar-refractivity contribution is 9.10. The summed E-state index contributed by atoms with van der Waals surface area (Å²) in [6.45, 7) is 0.349. The van der Waals surface area contributed by atoms with Crippen molar-refractivity contribution < 1.29 is 4.79 Å². The molecule has 0 saturated heterocycles. The van der Waals surface area contributed by atoms with E-state index in [4.69, 9.17) is 18.0 Å². The van der Waals surface area contributed by atoms with Gasteiger partial charge < -0.3 is 4.57 Å². The van der Waals surface area contributed by atoms with Gasteiger partial charge in [-0.05, 0) is 35.9 Å². The van der Waals surface area contributed by atoms with E-state index in [-0.39, 0.29) is 5.91 Å². The van der Waals surface area contributed by atoms with Gasteiger partial charge in [0.2, 0.25) is 0 Å². The molecule has 0 fully saturated rings. The van der Waals surface area contributed by atoms with Gasteiger partial charge in [-0.2, -0.15) is 4.99 Å². The number of halogens is 2. The fraction of sp³-hybridized carbons (Fsp3) is 0.0526. The Labute approximate surface area is 162 Å². The van der Waals surface area contributed by atoms with Gasteiger partial charge in [0.05, 0.1) is 16.8 Å². The van der Waals surface area contributed by atoms with Crippen molar-refractivity contribution in [2.45, 2.75) is 6.54 Å². The van der Waals surface area contributed by atoms with Gasteiger partial charge in [-0.1, -0.05) is 63.0 Å². The molecule has 3 rings (SSSR count). The zero-order valence-corrected chi connectivity index (χ0v) is 16.1. The maximum absolute atomic E-state index is 12.2. The Morgan fingerprint density at radius 1 is 1.36 bits per heavy atom. The number of hydrogen-bond donors (Lipinski definition) is 0. The molecular formula is C19H12BrClN2OS. The van der Waals surface area contributed by atoms with Gasteiger partial charge in [-0.15, -0.1) is 6.42 Å². The molecule has 0 bridgehead atoms. The van der Waals surface area contributed by atoms with Crippen molar-refractivity contribution in [3.63, 3.8) is 0 Å². The number of nitrogens with zero attached hydrogens (tertiary/aromatic N) is 2. The number of carbonyl (C=O) groups excluding carboxylic acids is 1. The molecule has 0 unspecified atom stereocenters. The first-order valence-corrected chi connectivity index (χ1v) is 9.31. The van der Waals surface area contributed by atoms with E-state index in [0.29, 0.717) is 16.4 Å². The Morgan fingerprint density at radius 2 is 2.16 bits per heavy atom. The van der Waals surface area contributed by atoms with Crippen LogP contribution in [0.15, 0.2) is 58.0 Å². The zero-order chi connectivity index (χ0) is 17.8. The van der Waals surface area contributed by atoms with Crippen molar-refractivity contribution in [3.05, 3.63) is 68.4 Å². The molecular weight excluding hydrogens is 420 g/mol. The third-order valence-corrected chi connectivity index (χ3v) is 5.29. The van der Waals surface area contributed by atoms with Crippen molar-refractivity contribution in [1.29, 1.82) is 0 Å². The van der Waals surface area contributed by atoms with E-state index in [1.807, 2.05) is 41.0 Å². The van der Waals surface area contributed by atoms with Crippen LogP contribution in [0.5, 0.6) is 0 Å². The van der Waals surface area contributed by atoms with Crippen molar-refractivity contribution in [3.8, 4) is 12.3 Å². The topological polar surface area (TPSA) is 34.4 Å². The molecule has 2 aromatic carbocycles. The molecule has 0 saturated carbocycles. The lowest BCUT2D eigenvalue weighted by atomic mass is 10.2. The number of benzene rings is 2. The minimum absolute atomic E-state index is 0.349. The number of amides is 1. The molecule has 0 spiro atoms. The van der Waals surface area contributed by atoms with Crippen molar-refractivity contribution in [2.75, 3.05) is 0 Å². The molecule has 0 aliphatic carbocycles. The first-order valence-electron chi connectivity index (χ1n) is 7.32. The highest BCUT2D eigenvalue weighted by Gasteiger charge is 2.07. The summed E-state index contributed by atoms with van der Waals surface area (Å²) in [4.78, 5) is 17.0. The summed E-state index contributed by atoms with van der Waals surface area (Å²) in [6.07, 6.45) is 8.52. The SMILES string of the molecule is C#CCn1c(=NC(=O)/C=C/c2ccccc2Cl)sc2cc(Br)ccc21. The minimum atomic E-state index is -0.365. The van der Waals surface area contributed by atoms with Crippen LogP contribution in [0.2, 0.25) is 5.02 Å². The Balaban J connectivity index is 2.00. The van der Waals surface area contributed by atoms with E-state index in [1.54, 1.807) is 12.1 Å². The first kappa shape index (κ1) is 17.7. The van der Waals surface area contributed by atoms with Gasteiger partial charge in [0.15, 0.2) is 4.80 Å². The van der Waals surface area contributed by atoms with Gasteiger partial charge in [-0.3, -0.25) is 4.79 Å². The third-order valence-electron chi connectivity index (χ3n) is 3.41. The average molecular weight is 432 g/mol. The molecule has 0 aliphatic rings. The van der Waals surface area contributed by atoms with Crippen LogP contribution in [0.1, 0.15) is 5.56 Å². The van der Waals surface area contributed by atoms with Gasteiger partial charge >= 0.3 is 0 Å². The summed E-state index contributed by atoms with van der Waals surface area (Å²) in [5.74, 6) is 2.24. The molecule has 0 atom stereocenters. The van der Waals surface area contributed by atoms with Crippen LogP contribution in [0.25, 0.3) is 16.3 Å². The summed E-state index contributed by atoms with van der Waals surface area (Å²) >= 11 is 11.0. The molecule has 124 valence electrons. The lowest BCUT2D eigenvalue weighted by Gasteiger charge is -1.99. The standard InChI is InChI=1S/C19H12BrClN2OS/c1-2-11-23-16-9-8-14(20)12-17(16)25-19(23)22-18(24)10-7-13-5-3-4-6-15(13)21/h1,3-10,12H,11H2/b10-7+,22-19?. The largest absolute Gasteiger partial charge is 0.305 e. The molecule has 1 amide bonds. The maximum atomic E-state index is 12.2. The van der Waals surface area contributed by atoms with E-state index >= 15 is 0 Å². The van der Waals surface area contributed by atoms with Crippen LogP contribution in [-0.4, -0.2) is 10.5 Å². The summed E-state index contributed by atoms with van der Waals surface area (Å²) in [5, 5.41) is 0.584. The van der Waals surface area contributed by atoms with Crippen LogP contribution in [0.3, 0.4) is 0 Å². The summed E-state index contributed by atoms with van der Waals surface area (Å²) in [5.41, 5.74) is 1.72. The maximum Gasteiger partial charge on any atom is 0.272 e. The molecule has 1 aromatic heterocycles. The van der Waals surface area contributed by atoms with E-state index in [1.165, 1.54) is 17.4 Å². The molecule has 25 heavy (non-hydrogen) atoms. The lowest BCUT2D eigenvalue weighted by Crippen LogP contribution is -2.15. The Bertz CT molecular complexity index is 1090. The number of aromatic nitrogens is 1. The summed E-state index contributed by atoms with van der Waals surface area (Å²) < 4.78 is 3.82. The van der Waals surface area contributed by atoms with E-state index < -0.39 is 0 Å². The zero-order valence-electron chi connectivity index (χ0n) is 12.9. The van der Waals surface area contributed by atoms with E-state index in [9.17, 15) is 4.79 Å². The Hall–Kier alpha value is -2.13. The highest BCUT2D eigenvalue weighted by atomic mass is 79.9. The van der Waals surface area contributed by atoms with Gasteiger partial charge in [0, 0.05) is 15.6 Å². The van der Waals surface area contributed by atoms with Gasteiger partial charge in [0.1, 0.15) is 0 Å².